The van der Waals surface area contributed by atoms with Crippen LogP contribution in [0.15, 0.2) is 0 Å². The molecule has 0 radical (unpaired) electrons. The maximum absolute atomic E-state index is 8.72. The van der Waals surface area contributed by atoms with Gasteiger partial charge in [0.1, 0.15) is 0 Å². The number of hydrogen-bond acceptors (Lipinski definition) is 3. The Morgan fingerprint density at radius 3 is 2.36 bits per heavy atom. The molecule has 0 spiro atoms. The van der Waals surface area contributed by atoms with E-state index in [1.807, 2.05) is 0 Å². The average Bonchev–Trinajstić information content (AvgIpc) is 2.71. The molecule has 0 aromatic rings. The van der Waals surface area contributed by atoms with Gasteiger partial charge in [-0.1, -0.05) is 0 Å². The lowest BCUT2D eigenvalue weighted by molar-refractivity contribution is 0.239. The highest BCUT2D eigenvalue weighted by Crippen LogP contribution is 2.47. The molecule has 0 saturated heterocycles. The van der Waals surface area contributed by atoms with Gasteiger partial charge in [-0.3, -0.25) is 0 Å². The van der Waals surface area contributed by atoms with Crippen LogP contribution >= 0.6 is 0 Å². The first kappa shape index (κ1) is 8.97. The summed E-state index contributed by atoms with van der Waals surface area (Å²) in [4.78, 5) is 0. The lowest BCUT2D eigenvalue weighted by Gasteiger charge is -2.13. The predicted octanol–water partition coefficient (Wildman–Crippen LogP) is -0.269. The van der Waals surface area contributed by atoms with Crippen LogP contribution in [-0.2, 0) is 0 Å². The summed E-state index contributed by atoms with van der Waals surface area (Å²) in [7, 11) is 0. The molecule has 1 rings (SSSR count). The second-order valence-corrected chi connectivity index (χ2v) is 3.37. The van der Waals surface area contributed by atoms with Crippen LogP contribution in [-0.4, -0.2) is 36.5 Å². The van der Waals surface area contributed by atoms with E-state index in [1.165, 1.54) is 12.8 Å². The average molecular weight is 159 g/mol. The minimum absolute atomic E-state index is 0.204. The first-order valence-corrected chi connectivity index (χ1v) is 4.25. The normalized spacial score (nSPS) is 20.2. The highest BCUT2D eigenvalue weighted by Gasteiger charge is 2.40. The summed E-state index contributed by atoms with van der Waals surface area (Å²) in [6.07, 6.45) is 3.36. The van der Waals surface area contributed by atoms with Gasteiger partial charge in [0.25, 0.3) is 0 Å². The van der Waals surface area contributed by atoms with Gasteiger partial charge in [-0.2, -0.15) is 0 Å². The third-order valence-corrected chi connectivity index (χ3v) is 2.39. The second-order valence-electron chi connectivity index (χ2n) is 3.37. The minimum atomic E-state index is 0.204. The Morgan fingerprint density at radius 2 is 1.91 bits per heavy atom. The van der Waals surface area contributed by atoms with Crippen molar-refractivity contribution in [2.24, 2.45) is 5.41 Å². The van der Waals surface area contributed by atoms with Gasteiger partial charge in [0.15, 0.2) is 0 Å². The number of aliphatic hydroxyl groups excluding tert-OH is 2. The smallest absolute Gasteiger partial charge is 0.0555 e. The van der Waals surface area contributed by atoms with Crippen molar-refractivity contribution in [2.45, 2.75) is 19.3 Å². The predicted molar refractivity (Wildman–Crippen MR) is 43.3 cm³/mol. The number of hydrogen-bond donors (Lipinski definition) is 3. The van der Waals surface area contributed by atoms with E-state index in [4.69, 9.17) is 10.2 Å². The van der Waals surface area contributed by atoms with Crippen molar-refractivity contribution in [1.29, 1.82) is 0 Å². The van der Waals surface area contributed by atoms with Crippen LogP contribution in [0.1, 0.15) is 19.3 Å². The standard InChI is InChI=1S/C8H17NO2/c10-5-3-8(1-2-8)7-9-4-6-11/h9-11H,1-7H2. The fourth-order valence-electron chi connectivity index (χ4n) is 1.36. The lowest BCUT2D eigenvalue weighted by Crippen LogP contribution is -2.27. The van der Waals surface area contributed by atoms with Crippen molar-refractivity contribution < 1.29 is 10.2 Å². The maximum Gasteiger partial charge on any atom is 0.0555 e. The van der Waals surface area contributed by atoms with Gasteiger partial charge in [0.05, 0.1) is 6.61 Å². The van der Waals surface area contributed by atoms with Gasteiger partial charge in [-0.25, -0.2) is 0 Å². The molecule has 0 atom stereocenters. The Bertz CT molecular complexity index is 113. The molecule has 0 aliphatic heterocycles. The number of rotatable bonds is 6. The largest absolute Gasteiger partial charge is 0.396 e. The lowest BCUT2D eigenvalue weighted by atomic mass is 10.0. The molecule has 0 unspecified atom stereocenters. The molecular weight excluding hydrogens is 142 g/mol. The zero-order valence-electron chi connectivity index (χ0n) is 6.84. The van der Waals surface area contributed by atoms with E-state index in [2.05, 4.69) is 5.32 Å². The Balaban J connectivity index is 2.04. The summed E-state index contributed by atoms with van der Waals surface area (Å²) >= 11 is 0. The summed E-state index contributed by atoms with van der Waals surface area (Å²) in [6.45, 7) is 2.12. The molecule has 0 aromatic carbocycles. The fourth-order valence-corrected chi connectivity index (χ4v) is 1.36. The maximum atomic E-state index is 8.72. The summed E-state index contributed by atoms with van der Waals surface area (Å²) in [6, 6.07) is 0. The molecule has 1 aliphatic carbocycles. The molecule has 11 heavy (non-hydrogen) atoms. The first-order valence-electron chi connectivity index (χ1n) is 4.25. The molecule has 3 N–H and O–H groups in total. The summed E-state index contributed by atoms with van der Waals surface area (Å²) in [5.41, 5.74) is 0.379. The third kappa shape index (κ3) is 2.77. The van der Waals surface area contributed by atoms with E-state index >= 15 is 0 Å². The van der Waals surface area contributed by atoms with Crippen molar-refractivity contribution in [1.82, 2.24) is 5.32 Å². The third-order valence-electron chi connectivity index (χ3n) is 2.39. The van der Waals surface area contributed by atoms with E-state index in [9.17, 15) is 0 Å². The van der Waals surface area contributed by atoms with Crippen LogP contribution in [0.25, 0.3) is 0 Å². The van der Waals surface area contributed by atoms with Gasteiger partial charge in [-0.05, 0) is 24.7 Å². The van der Waals surface area contributed by atoms with Crippen LogP contribution in [0.2, 0.25) is 0 Å². The van der Waals surface area contributed by atoms with Crippen LogP contribution in [0, 0.1) is 5.41 Å². The topological polar surface area (TPSA) is 52.5 Å². The van der Waals surface area contributed by atoms with Crippen molar-refractivity contribution in [2.75, 3.05) is 26.3 Å². The second kappa shape index (κ2) is 4.04. The van der Waals surface area contributed by atoms with Gasteiger partial charge in [0.2, 0.25) is 0 Å². The van der Waals surface area contributed by atoms with Gasteiger partial charge in [0, 0.05) is 19.7 Å². The van der Waals surface area contributed by atoms with Crippen LogP contribution < -0.4 is 5.32 Å². The Hall–Kier alpha value is -0.120. The molecule has 0 amide bonds. The molecule has 1 aliphatic rings. The molecule has 3 nitrogen and oxygen atoms in total. The van der Waals surface area contributed by atoms with Crippen LogP contribution in [0.4, 0.5) is 0 Å². The van der Waals surface area contributed by atoms with Crippen molar-refractivity contribution in [3.63, 3.8) is 0 Å². The van der Waals surface area contributed by atoms with E-state index < -0.39 is 0 Å². The molecule has 1 fully saturated rings. The molecule has 1 saturated carbocycles. The molecule has 0 aromatic heterocycles. The van der Waals surface area contributed by atoms with Crippen LogP contribution in [0.3, 0.4) is 0 Å². The fraction of sp³-hybridized carbons (Fsp3) is 1.00. The zero-order valence-corrected chi connectivity index (χ0v) is 6.84. The van der Waals surface area contributed by atoms with E-state index in [0.717, 1.165) is 13.0 Å². The summed E-state index contributed by atoms with van der Waals surface area (Å²) in [5.74, 6) is 0. The molecule has 0 bridgehead atoms. The quantitative estimate of drug-likeness (QED) is 0.468. The Kier molecular flexibility index (Phi) is 3.30. The summed E-state index contributed by atoms with van der Waals surface area (Å²) in [5, 5.41) is 20.4. The minimum Gasteiger partial charge on any atom is -0.396 e. The molecule has 0 heterocycles. The molecule has 3 heteroatoms. The van der Waals surface area contributed by atoms with Crippen molar-refractivity contribution in [3.05, 3.63) is 0 Å². The zero-order chi connectivity index (χ0) is 8.16. The van der Waals surface area contributed by atoms with E-state index in [0.29, 0.717) is 18.6 Å². The first-order chi connectivity index (χ1) is 5.33. The van der Waals surface area contributed by atoms with Gasteiger partial charge >= 0.3 is 0 Å². The van der Waals surface area contributed by atoms with Gasteiger partial charge in [-0.15, -0.1) is 0 Å². The number of aliphatic hydroxyl groups is 2. The molecule has 66 valence electrons. The number of nitrogens with one attached hydrogen (secondary N) is 1. The highest BCUT2D eigenvalue weighted by molar-refractivity contribution is 4.94. The SMILES string of the molecule is OCCNCC1(CCO)CC1. The Labute approximate surface area is 67.4 Å². The van der Waals surface area contributed by atoms with Gasteiger partial charge < -0.3 is 15.5 Å². The van der Waals surface area contributed by atoms with Crippen molar-refractivity contribution in [3.8, 4) is 0 Å². The Morgan fingerprint density at radius 1 is 1.18 bits per heavy atom. The van der Waals surface area contributed by atoms with Crippen molar-refractivity contribution >= 4 is 0 Å². The summed E-state index contributed by atoms with van der Waals surface area (Å²) < 4.78 is 0. The van der Waals surface area contributed by atoms with E-state index in [1.54, 1.807) is 0 Å². The monoisotopic (exact) mass is 159 g/mol. The highest BCUT2D eigenvalue weighted by atomic mass is 16.3. The molecular formula is C8H17NO2. The van der Waals surface area contributed by atoms with Crippen LogP contribution in [0.5, 0.6) is 0 Å². The van der Waals surface area contributed by atoms with E-state index in [-0.39, 0.29) is 6.61 Å².